The van der Waals surface area contributed by atoms with E-state index in [-0.39, 0.29) is 0 Å². The van der Waals surface area contributed by atoms with Gasteiger partial charge in [-0.3, -0.25) is 9.59 Å². The van der Waals surface area contributed by atoms with E-state index in [2.05, 4.69) is 15.8 Å². The molecule has 0 unspecified atom stereocenters. The number of benzene rings is 4. The second kappa shape index (κ2) is 10.1. The molecule has 0 aliphatic heterocycles. The van der Waals surface area contributed by atoms with Gasteiger partial charge in [0.05, 0.1) is 13.3 Å². The molecule has 0 aromatic heterocycles. The van der Waals surface area contributed by atoms with Crippen LogP contribution in [0.25, 0.3) is 10.8 Å². The molecule has 4 aromatic carbocycles. The average Bonchev–Trinajstić information content (AvgIpc) is 2.85. The number of hydrazone groups is 1. The smallest absolute Gasteiger partial charge is 0.329 e. The van der Waals surface area contributed by atoms with Crippen LogP contribution in [-0.4, -0.2) is 25.1 Å². The standard InChI is InChI=1S/C26H21N3O4/c1-32-24-16-11-18-7-5-6-10-22(18)23(24)17-27-29-26(31)25(30)28-19-12-14-21(15-13-19)33-20-8-3-2-4-9-20/h2-17H,1H3,(H,28,30)(H,29,31)/b27-17-. The Kier molecular flexibility index (Phi) is 6.61. The van der Waals surface area contributed by atoms with Gasteiger partial charge in [0.15, 0.2) is 0 Å². The Hall–Kier alpha value is -4.65. The van der Waals surface area contributed by atoms with Gasteiger partial charge in [0.1, 0.15) is 17.2 Å². The fraction of sp³-hybridized carbons (Fsp3) is 0.0385. The highest BCUT2D eigenvalue weighted by Crippen LogP contribution is 2.26. The molecule has 0 saturated carbocycles. The number of rotatable bonds is 6. The van der Waals surface area contributed by atoms with Gasteiger partial charge in [-0.05, 0) is 53.2 Å². The summed E-state index contributed by atoms with van der Waals surface area (Å²) in [5, 5.41) is 8.38. The quantitative estimate of drug-likeness (QED) is 0.258. The molecule has 0 radical (unpaired) electrons. The van der Waals surface area contributed by atoms with Gasteiger partial charge in [0.2, 0.25) is 0 Å². The third-order valence-electron chi connectivity index (χ3n) is 4.81. The molecule has 0 fully saturated rings. The second-order valence-electron chi connectivity index (χ2n) is 7.00. The summed E-state index contributed by atoms with van der Waals surface area (Å²) in [7, 11) is 1.56. The number of nitrogens with zero attached hydrogens (tertiary/aromatic N) is 1. The van der Waals surface area contributed by atoms with Crippen LogP contribution in [0.5, 0.6) is 17.2 Å². The Morgan fingerprint density at radius 3 is 2.24 bits per heavy atom. The first kappa shape index (κ1) is 21.6. The van der Waals surface area contributed by atoms with Gasteiger partial charge in [0.25, 0.3) is 0 Å². The largest absolute Gasteiger partial charge is 0.496 e. The Balaban J connectivity index is 1.37. The van der Waals surface area contributed by atoms with Gasteiger partial charge in [-0.2, -0.15) is 5.10 Å². The number of methoxy groups -OCH3 is 1. The molecular weight excluding hydrogens is 418 g/mol. The van der Waals surface area contributed by atoms with Crippen LogP contribution in [0.2, 0.25) is 0 Å². The van der Waals surface area contributed by atoms with Crippen molar-refractivity contribution in [2.45, 2.75) is 0 Å². The van der Waals surface area contributed by atoms with E-state index in [0.29, 0.717) is 28.5 Å². The maximum absolute atomic E-state index is 12.2. The van der Waals surface area contributed by atoms with Crippen molar-refractivity contribution in [2.24, 2.45) is 5.10 Å². The minimum absolute atomic E-state index is 0.454. The summed E-state index contributed by atoms with van der Waals surface area (Å²) in [6.45, 7) is 0. The fourth-order valence-corrected chi connectivity index (χ4v) is 3.21. The Morgan fingerprint density at radius 1 is 0.788 bits per heavy atom. The maximum Gasteiger partial charge on any atom is 0.329 e. The number of carbonyl (C=O) groups is 2. The summed E-state index contributed by atoms with van der Waals surface area (Å²) in [5.41, 5.74) is 3.40. The molecule has 0 saturated heterocycles. The number of hydrogen-bond donors (Lipinski definition) is 2. The van der Waals surface area contributed by atoms with Crippen molar-refractivity contribution in [1.82, 2.24) is 5.43 Å². The van der Waals surface area contributed by atoms with Crippen LogP contribution in [0.1, 0.15) is 5.56 Å². The monoisotopic (exact) mass is 439 g/mol. The van der Waals surface area contributed by atoms with Gasteiger partial charge >= 0.3 is 11.8 Å². The molecule has 164 valence electrons. The number of anilines is 1. The van der Waals surface area contributed by atoms with Gasteiger partial charge in [0, 0.05) is 11.3 Å². The first-order valence-electron chi connectivity index (χ1n) is 10.2. The Labute approximate surface area is 190 Å². The number of nitrogens with one attached hydrogen (secondary N) is 2. The van der Waals surface area contributed by atoms with Gasteiger partial charge in [-0.25, -0.2) is 5.43 Å². The first-order chi connectivity index (χ1) is 16.1. The third-order valence-corrected chi connectivity index (χ3v) is 4.81. The van der Waals surface area contributed by atoms with Gasteiger partial charge in [-0.15, -0.1) is 0 Å². The minimum Gasteiger partial charge on any atom is -0.496 e. The Morgan fingerprint density at radius 2 is 1.48 bits per heavy atom. The third kappa shape index (κ3) is 5.34. The number of ether oxygens (including phenoxy) is 2. The normalized spacial score (nSPS) is 10.7. The SMILES string of the molecule is COc1ccc2ccccc2c1/C=N\NC(=O)C(=O)Nc1ccc(Oc2ccccc2)cc1. The average molecular weight is 439 g/mol. The van der Waals surface area contributed by atoms with Crippen molar-refractivity contribution in [3.05, 3.63) is 96.6 Å². The number of fused-ring (bicyclic) bond motifs is 1. The lowest BCUT2D eigenvalue weighted by Crippen LogP contribution is -2.32. The summed E-state index contributed by atoms with van der Waals surface area (Å²) in [6, 6.07) is 27.5. The van der Waals surface area contributed by atoms with Crippen LogP contribution in [0, 0.1) is 0 Å². The molecule has 2 amide bonds. The lowest BCUT2D eigenvalue weighted by Gasteiger charge is -2.09. The van der Waals surface area contributed by atoms with E-state index >= 15 is 0 Å². The molecule has 7 heteroatoms. The Bertz CT molecular complexity index is 1300. The van der Waals surface area contributed by atoms with Crippen molar-refractivity contribution in [3.63, 3.8) is 0 Å². The summed E-state index contributed by atoms with van der Waals surface area (Å²) < 4.78 is 11.1. The summed E-state index contributed by atoms with van der Waals surface area (Å²) in [5.74, 6) is 0.185. The lowest BCUT2D eigenvalue weighted by molar-refractivity contribution is -0.136. The van der Waals surface area contributed by atoms with E-state index in [9.17, 15) is 9.59 Å². The summed E-state index contributed by atoms with van der Waals surface area (Å²) >= 11 is 0. The van der Waals surface area contributed by atoms with Gasteiger partial charge in [-0.1, -0.05) is 48.5 Å². The predicted octanol–water partition coefficient (Wildman–Crippen LogP) is 4.73. The molecule has 0 aliphatic carbocycles. The molecule has 0 spiro atoms. The van der Waals surface area contributed by atoms with Crippen LogP contribution in [0.15, 0.2) is 96.1 Å². The minimum atomic E-state index is -0.893. The maximum atomic E-state index is 12.2. The zero-order chi connectivity index (χ0) is 23.0. The zero-order valence-electron chi connectivity index (χ0n) is 17.8. The molecule has 4 aromatic rings. The van der Waals surface area contributed by atoms with Crippen LogP contribution in [0.3, 0.4) is 0 Å². The molecule has 2 N–H and O–H groups in total. The molecule has 0 atom stereocenters. The number of hydrogen-bond acceptors (Lipinski definition) is 5. The van der Waals surface area contributed by atoms with E-state index in [4.69, 9.17) is 9.47 Å². The van der Waals surface area contributed by atoms with Crippen LogP contribution in [0.4, 0.5) is 5.69 Å². The van der Waals surface area contributed by atoms with Crippen LogP contribution < -0.4 is 20.2 Å². The van der Waals surface area contributed by atoms with Crippen LogP contribution >= 0.6 is 0 Å². The van der Waals surface area contributed by atoms with E-state index in [1.165, 1.54) is 6.21 Å². The first-order valence-corrected chi connectivity index (χ1v) is 10.2. The molecule has 33 heavy (non-hydrogen) atoms. The number of carbonyl (C=O) groups excluding carboxylic acids is 2. The molecule has 4 rings (SSSR count). The van der Waals surface area contributed by atoms with Crippen molar-refractivity contribution >= 4 is 34.5 Å². The van der Waals surface area contributed by atoms with Crippen molar-refractivity contribution in [3.8, 4) is 17.2 Å². The van der Waals surface area contributed by atoms with Gasteiger partial charge < -0.3 is 14.8 Å². The molecule has 7 nitrogen and oxygen atoms in total. The lowest BCUT2D eigenvalue weighted by atomic mass is 10.0. The number of para-hydroxylation sites is 1. The summed E-state index contributed by atoms with van der Waals surface area (Å²) in [4.78, 5) is 24.4. The molecular formula is C26H21N3O4. The van der Waals surface area contributed by atoms with Crippen molar-refractivity contribution in [2.75, 3.05) is 12.4 Å². The predicted molar refractivity (Wildman–Crippen MR) is 128 cm³/mol. The second-order valence-corrected chi connectivity index (χ2v) is 7.00. The van der Waals surface area contributed by atoms with E-state index < -0.39 is 11.8 Å². The fourth-order valence-electron chi connectivity index (χ4n) is 3.21. The molecule has 0 bridgehead atoms. The van der Waals surface area contributed by atoms with E-state index in [1.54, 1.807) is 31.4 Å². The summed E-state index contributed by atoms with van der Waals surface area (Å²) in [6.07, 6.45) is 1.46. The highest BCUT2D eigenvalue weighted by atomic mass is 16.5. The van der Waals surface area contributed by atoms with Crippen LogP contribution in [-0.2, 0) is 9.59 Å². The zero-order valence-corrected chi connectivity index (χ0v) is 17.8. The van der Waals surface area contributed by atoms with Crippen molar-refractivity contribution in [1.29, 1.82) is 0 Å². The highest BCUT2D eigenvalue weighted by Gasteiger charge is 2.13. The van der Waals surface area contributed by atoms with Crippen molar-refractivity contribution < 1.29 is 19.1 Å². The van der Waals surface area contributed by atoms with E-state index in [1.807, 2.05) is 66.7 Å². The topological polar surface area (TPSA) is 89.0 Å². The highest BCUT2D eigenvalue weighted by molar-refractivity contribution is 6.39. The number of amides is 2. The van der Waals surface area contributed by atoms with E-state index in [0.717, 1.165) is 10.8 Å². The molecule has 0 aliphatic rings. The molecule has 0 heterocycles.